The number of hydrogen-bond acceptors (Lipinski definition) is 6. The maximum Gasteiger partial charge on any atom is 0.243 e. The Morgan fingerprint density at radius 1 is 1.26 bits per heavy atom. The number of ether oxygens (including phenoxy) is 1. The van der Waals surface area contributed by atoms with Crippen LogP contribution < -0.4 is 15.0 Å². The number of nitrogens with zero attached hydrogens (tertiary/aromatic N) is 3. The average Bonchev–Trinajstić information content (AvgIpc) is 3.22. The number of amides is 1. The zero-order chi connectivity index (χ0) is 19.0. The zero-order valence-corrected chi connectivity index (χ0v) is 16.5. The molecule has 0 spiro atoms. The fraction of sp³-hybridized carbons (Fsp3) is 0.350. The van der Waals surface area contributed by atoms with Crippen molar-refractivity contribution in [2.75, 3.05) is 30.9 Å². The van der Waals surface area contributed by atoms with E-state index in [0.717, 1.165) is 46.1 Å². The fourth-order valence-corrected chi connectivity index (χ4v) is 4.82. The SMILES string of the molecule is COc1ccc(NC(=O)CN(C)c2nc(C)nc3sc4c(c23)CCC4)cc1. The van der Waals surface area contributed by atoms with Gasteiger partial charge in [0, 0.05) is 17.6 Å². The van der Waals surface area contributed by atoms with E-state index in [2.05, 4.69) is 15.3 Å². The van der Waals surface area contributed by atoms with Gasteiger partial charge in [-0.2, -0.15) is 0 Å². The van der Waals surface area contributed by atoms with E-state index in [9.17, 15) is 4.79 Å². The number of anilines is 2. The number of aromatic nitrogens is 2. The summed E-state index contributed by atoms with van der Waals surface area (Å²) < 4.78 is 5.14. The molecule has 0 bridgehead atoms. The summed E-state index contributed by atoms with van der Waals surface area (Å²) in [4.78, 5) is 26.2. The van der Waals surface area contributed by atoms with Gasteiger partial charge in [-0.05, 0) is 56.0 Å². The first-order valence-electron chi connectivity index (χ1n) is 8.99. The molecule has 0 saturated heterocycles. The number of rotatable bonds is 5. The molecule has 1 amide bonds. The maximum atomic E-state index is 12.5. The monoisotopic (exact) mass is 382 g/mol. The number of likely N-dealkylation sites (N-methyl/N-ethyl adjacent to an activating group) is 1. The lowest BCUT2D eigenvalue weighted by Gasteiger charge is -2.19. The Morgan fingerprint density at radius 3 is 2.78 bits per heavy atom. The van der Waals surface area contributed by atoms with Gasteiger partial charge in [0.05, 0.1) is 19.0 Å². The molecule has 0 saturated carbocycles. The number of methoxy groups -OCH3 is 1. The molecular weight excluding hydrogens is 360 g/mol. The number of hydrogen-bond donors (Lipinski definition) is 1. The first kappa shape index (κ1) is 17.7. The van der Waals surface area contributed by atoms with Crippen molar-refractivity contribution in [3.63, 3.8) is 0 Å². The van der Waals surface area contributed by atoms with Gasteiger partial charge in [-0.25, -0.2) is 9.97 Å². The highest BCUT2D eigenvalue weighted by atomic mass is 32.1. The standard InChI is InChI=1S/C20H22N4O2S/c1-12-21-19(18-15-5-4-6-16(15)27-20(18)22-12)24(2)11-17(25)23-13-7-9-14(26-3)10-8-13/h7-10H,4-6,11H2,1-3H3,(H,23,25). The molecular formula is C20H22N4O2S. The van der Waals surface area contributed by atoms with Crippen LogP contribution in [0.4, 0.5) is 11.5 Å². The average molecular weight is 382 g/mol. The second-order valence-corrected chi connectivity index (χ2v) is 7.85. The Kier molecular flexibility index (Phi) is 4.70. The molecule has 0 radical (unpaired) electrons. The van der Waals surface area contributed by atoms with Crippen molar-refractivity contribution in [2.24, 2.45) is 0 Å². The Balaban J connectivity index is 1.55. The minimum Gasteiger partial charge on any atom is -0.497 e. The molecule has 4 rings (SSSR count). The number of carbonyl (C=O) groups excluding carboxylic acids is 1. The highest BCUT2D eigenvalue weighted by Crippen LogP contribution is 2.40. The van der Waals surface area contributed by atoms with Gasteiger partial charge in [0.15, 0.2) is 0 Å². The van der Waals surface area contributed by atoms with Gasteiger partial charge in [0.2, 0.25) is 5.91 Å². The van der Waals surface area contributed by atoms with Crippen molar-refractivity contribution in [3.8, 4) is 5.75 Å². The Labute approximate surface area is 162 Å². The second kappa shape index (κ2) is 7.15. The minimum absolute atomic E-state index is 0.0843. The van der Waals surface area contributed by atoms with Crippen LogP contribution in [-0.4, -0.2) is 36.6 Å². The molecule has 27 heavy (non-hydrogen) atoms. The number of thiophene rings is 1. The van der Waals surface area contributed by atoms with Crippen molar-refractivity contribution in [3.05, 3.63) is 40.5 Å². The molecule has 0 unspecified atom stereocenters. The van der Waals surface area contributed by atoms with Gasteiger partial charge in [-0.1, -0.05) is 0 Å². The predicted octanol–water partition coefficient (Wildman–Crippen LogP) is 3.57. The molecule has 0 atom stereocenters. The molecule has 2 aromatic heterocycles. The first-order chi connectivity index (χ1) is 13.0. The fourth-order valence-electron chi connectivity index (χ4n) is 3.52. The minimum atomic E-state index is -0.0843. The van der Waals surface area contributed by atoms with E-state index in [-0.39, 0.29) is 12.5 Å². The molecule has 1 aliphatic carbocycles. The van der Waals surface area contributed by atoms with E-state index in [4.69, 9.17) is 4.74 Å². The lowest BCUT2D eigenvalue weighted by atomic mass is 10.2. The molecule has 7 heteroatoms. The lowest BCUT2D eigenvalue weighted by Crippen LogP contribution is -2.31. The van der Waals surface area contributed by atoms with Crippen LogP contribution in [0.25, 0.3) is 10.2 Å². The molecule has 6 nitrogen and oxygen atoms in total. The van der Waals surface area contributed by atoms with Crippen LogP contribution in [0.1, 0.15) is 22.7 Å². The van der Waals surface area contributed by atoms with Gasteiger partial charge in [0.1, 0.15) is 22.2 Å². The summed E-state index contributed by atoms with van der Waals surface area (Å²) in [6, 6.07) is 7.31. The van der Waals surface area contributed by atoms with Crippen LogP contribution in [0.5, 0.6) is 5.75 Å². The van der Waals surface area contributed by atoms with E-state index >= 15 is 0 Å². The number of benzene rings is 1. The van der Waals surface area contributed by atoms with E-state index in [1.165, 1.54) is 16.9 Å². The molecule has 0 fully saturated rings. The quantitative estimate of drug-likeness (QED) is 0.731. The predicted molar refractivity (Wildman–Crippen MR) is 109 cm³/mol. The molecule has 3 aromatic rings. The summed E-state index contributed by atoms with van der Waals surface area (Å²) in [6.07, 6.45) is 3.38. The lowest BCUT2D eigenvalue weighted by molar-refractivity contribution is -0.114. The van der Waals surface area contributed by atoms with Crippen molar-refractivity contribution in [2.45, 2.75) is 26.2 Å². The topological polar surface area (TPSA) is 67.3 Å². The summed E-state index contributed by atoms with van der Waals surface area (Å²) in [5.74, 6) is 2.26. The van der Waals surface area contributed by atoms with Crippen molar-refractivity contribution in [1.82, 2.24) is 9.97 Å². The van der Waals surface area contributed by atoms with Crippen molar-refractivity contribution >= 4 is 39.0 Å². The third-order valence-corrected chi connectivity index (χ3v) is 5.96. The highest BCUT2D eigenvalue weighted by Gasteiger charge is 2.24. The van der Waals surface area contributed by atoms with Gasteiger partial charge in [-0.15, -0.1) is 11.3 Å². The number of carbonyl (C=O) groups is 1. The van der Waals surface area contributed by atoms with Crippen molar-refractivity contribution < 1.29 is 9.53 Å². The van der Waals surface area contributed by atoms with Crippen LogP contribution in [0.2, 0.25) is 0 Å². The van der Waals surface area contributed by atoms with Crippen molar-refractivity contribution in [1.29, 1.82) is 0 Å². The van der Waals surface area contributed by atoms with Crippen LogP contribution in [0, 0.1) is 6.92 Å². The molecule has 2 heterocycles. The molecule has 1 aromatic carbocycles. The summed E-state index contributed by atoms with van der Waals surface area (Å²) in [5, 5.41) is 4.05. The van der Waals surface area contributed by atoms with Crippen LogP contribution in [0.15, 0.2) is 24.3 Å². The molecule has 1 aliphatic rings. The molecule has 0 aliphatic heterocycles. The summed E-state index contributed by atoms with van der Waals surface area (Å²) >= 11 is 1.77. The summed E-state index contributed by atoms with van der Waals surface area (Å²) in [5.41, 5.74) is 2.11. The number of aryl methyl sites for hydroxylation is 3. The second-order valence-electron chi connectivity index (χ2n) is 6.76. The van der Waals surface area contributed by atoms with Gasteiger partial charge >= 0.3 is 0 Å². The highest BCUT2D eigenvalue weighted by molar-refractivity contribution is 7.19. The smallest absolute Gasteiger partial charge is 0.243 e. The Bertz CT molecular complexity index is 997. The van der Waals surface area contributed by atoms with Crippen LogP contribution >= 0.6 is 11.3 Å². The number of fused-ring (bicyclic) bond motifs is 3. The first-order valence-corrected chi connectivity index (χ1v) is 9.80. The van der Waals surface area contributed by atoms with E-state index in [1.807, 2.05) is 43.1 Å². The summed E-state index contributed by atoms with van der Waals surface area (Å²) in [6.45, 7) is 2.13. The Morgan fingerprint density at radius 2 is 2.04 bits per heavy atom. The van der Waals surface area contributed by atoms with Gasteiger partial charge < -0.3 is 15.0 Å². The molecule has 140 valence electrons. The third kappa shape index (κ3) is 3.47. The van der Waals surface area contributed by atoms with Crippen LogP contribution in [0.3, 0.4) is 0 Å². The zero-order valence-electron chi connectivity index (χ0n) is 15.7. The van der Waals surface area contributed by atoms with Gasteiger partial charge in [-0.3, -0.25) is 4.79 Å². The van der Waals surface area contributed by atoms with E-state index in [1.54, 1.807) is 18.4 Å². The number of nitrogens with one attached hydrogen (secondary N) is 1. The van der Waals surface area contributed by atoms with Gasteiger partial charge in [0.25, 0.3) is 0 Å². The summed E-state index contributed by atoms with van der Waals surface area (Å²) in [7, 11) is 3.53. The maximum absolute atomic E-state index is 12.5. The van der Waals surface area contributed by atoms with E-state index in [0.29, 0.717) is 0 Å². The largest absolute Gasteiger partial charge is 0.497 e. The van der Waals surface area contributed by atoms with E-state index < -0.39 is 0 Å². The third-order valence-electron chi connectivity index (χ3n) is 4.77. The Hall–Kier alpha value is -2.67. The van der Waals surface area contributed by atoms with Crippen LogP contribution in [-0.2, 0) is 17.6 Å². The molecule has 1 N–H and O–H groups in total. The normalized spacial score (nSPS) is 12.9.